The molecule has 25 heavy (non-hydrogen) atoms. The van der Waals surface area contributed by atoms with E-state index in [-0.39, 0.29) is 23.7 Å². The number of carbonyl (C=O) groups is 1. The first-order valence-corrected chi connectivity index (χ1v) is 7.83. The molecule has 0 fully saturated rings. The van der Waals surface area contributed by atoms with E-state index in [1.54, 1.807) is 31.2 Å². The Morgan fingerprint density at radius 1 is 1.12 bits per heavy atom. The summed E-state index contributed by atoms with van der Waals surface area (Å²) in [5.74, 6) is 0.262. The van der Waals surface area contributed by atoms with Crippen molar-refractivity contribution in [2.45, 2.75) is 6.92 Å². The van der Waals surface area contributed by atoms with Crippen molar-refractivity contribution in [3.8, 4) is 17.1 Å². The molecular weight excluding hydrogens is 318 g/mol. The van der Waals surface area contributed by atoms with Gasteiger partial charge in [-0.3, -0.25) is 0 Å². The number of anilines is 2. The lowest BCUT2D eigenvalue weighted by Crippen LogP contribution is -2.11. The second-order valence-corrected chi connectivity index (χ2v) is 5.18. The van der Waals surface area contributed by atoms with Crippen molar-refractivity contribution in [2.75, 3.05) is 11.9 Å². The van der Waals surface area contributed by atoms with Crippen LogP contribution in [0.15, 0.2) is 60.8 Å². The van der Waals surface area contributed by atoms with E-state index in [1.165, 1.54) is 6.20 Å². The second kappa shape index (κ2) is 7.44. The Kier molecular flexibility index (Phi) is 4.89. The summed E-state index contributed by atoms with van der Waals surface area (Å²) < 4.78 is 5.06. The molecule has 0 atom stereocenters. The van der Waals surface area contributed by atoms with Gasteiger partial charge in [-0.15, -0.1) is 0 Å². The molecule has 6 nitrogen and oxygen atoms in total. The van der Waals surface area contributed by atoms with E-state index < -0.39 is 5.97 Å². The highest BCUT2D eigenvalue weighted by atomic mass is 16.5. The minimum atomic E-state index is -0.528. The van der Waals surface area contributed by atoms with Crippen LogP contribution in [0.3, 0.4) is 0 Å². The average molecular weight is 335 g/mol. The van der Waals surface area contributed by atoms with Crippen LogP contribution in [-0.2, 0) is 4.74 Å². The number of para-hydroxylation sites is 2. The maximum Gasteiger partial charge on any atom is 0.343 e. The van der Waals surface area contributed by atoms with Crippen LogP contribution >= 0.6 is 0 Å². The highest BCUT2D eigenvalue weighted by Gasteiger charge is 2.17. The minimum Gasteiger partial charge on any atom is -0.506 e. The third-order valence-electron chi connectivity index (χ3n) is 3.47. The number of carbonyl (C=O) groups excluding carboxylic acids is 1. The van der Waals surface area contributed by atoms with Gasteiger partial charge in [0.25, 0.3) is 0 Å². The molecule has 0 aliphatic heterocycles. The maximum atomic E-state index is 12.2. The first-order chi connectivity index (χ1) is 12.2. The summed E-state index contributed by atoms with van der Waals surface area (Å²) in [6, 6.07) is 16.1. The van der Waals surface area contributed by atoms with E-state index in [0.717, 1.165) is 5.56 Å². The van der Waals surface area contributed by atoms with Crippen LogP contribution in [0.5, 0.6) is 5.75 Å². The Bertz CT molecular complexity index is 882. The quantitative estimate of drug-likeness (QED) is 0.545. The zero-order chi connectivity index (χ0) is 17.6. The van der Waals surface area contributed by atoms with Crippen LogP contribution in [0.1, 0.15) is 17.3 Å². The summed E-state index contributed by atoms with van der Waals surface area (Å²) in [4.78, 5) is 20.9. The number of esters is 1. The maximum absolute atomic E-state index is 12.2. The van der Waals surface area contributed by atoms with Gasteiger partial charge in [-0.25, -0.2) is 14.8 Å². The van der Waals surface area contributed by atoms with Crippen LogP contribution in [0.25, 0.3) is 11.4 Å². The van der Waals surface area contributed by atoms with Gasteiger partial charge >= 0.3 is 5.97 Å². The lowest BCUT2D eigenvalue weighted by Gasteiger charge is -2.12. The van der Waals surface area contributed by atoms with Gasteiger partial charge in [0.15, 0.2) is 5.82 Å². The lowest BCUT2D eigenvalue weighted by atomic mass is 10.2. The number of nitrogens with one attached hydrogen (secondary N) is 1. The summed E-state index contributed by atoms with van der Waals surface area (Å²) >= 11 is 0. The first kappa shape index (κ1) is 16.4. The molecule has 0 aliphatic carbocycles. The Hall–Kier alpha value is -3.41. The van der Waals surface area contributed by atoms with Gasteiger partial charge in [-0.1, -0.05) is 42.5 Å². The van der Waals surface area contributed by atoms with E-state index in [1.807, 2.05) is 30.3 Å². The zero-order valence-corrected chi connectivity index (χ0v) is 13.6. The third-order valence-corrected chi connectivity index (χ3v) is 3.47. The summed E-state index contributed by atoms with van der Waals surface area (Å²) in [7, 11) is 0. The highest BCUT2D eigenvalue weighted by Crippen LogP contribution is 2.28. The van der Waals surface area contributed by atoms with Gasteiger partial charge in [0.05, 0.1) is 12.3 Å². The van der Waals surface area contributed by atoms with Gasteiger partial charge < -0.3 is 15.2 Å². The van der Waals surface area contributed by atoms with Crippen molar-refractivity contribution in [3.05, 3.63) is 66.4 Å². The van der Waals surface area contributed by atoms with Crippen LogP contribution < -0.4 is 5.32 Å². The Labute approximate surface area is 145 Å². The number of ether oxygens (including phenoxy) is 1. The van der Waals surface area contributed by atoms with Gasteiger partial charge in [-0.05, 0) is 19.1 Å². The Balaban J connectivity index is 2.04. The molecule has 0 bridgehead atoms. The van der Waals surface area contributed by atoms with Gasteiger partial charge in [-0.2, -0.15) is 0 Å². The van der Waals surface area contributed by atoms with Crippen LogP contribution in [0.4, 0.5) is 11.5 Å². The standard InChI is InChI=1S/C19H17N3O3/c1-2-25-19(24)14-12-20-17(13-8-4-3-5-9-13)22-18(14)21-15-10-6-7-11-16(15)23/h3-12,23H,2H2,1H3,(H,20,21,22). The van der Waals surface area contributed by atoms with E-state index >= 15 is 0 Å². The number of benzene rings is 2. The molecule has 0 saturated heterocycles. The first-order valence-electron chi connectivity index (χ1n) is 7.83. The fraction of sp³-hybridized carbons (Fsp3) is 0.105. The van der Waals surface area contributed by atoms with E-state index in [9.17, 15) is 9.90 Å². The molecule has 6 heteroatoms. The van der Waals surface area contributed by atoms with Gasteiger partial charge in [0.2, 0.25) is 0 Å². The molecular formula is C19H17N3O3. The average Bonchev–Trinajstić information content (AvgIpc) is 2.64. The Morgan fingerprint density at radius 3 is 2.56 bits per heavy atom. The molecule has 0 amide bonds. The number of phenols is 1. The number of hydrogen-bond acceptors (Lipinski definition) is 6. The normalized spacial score (nSPS) is 10.3. The molecule has 3 aromatic rings. The number of aromatic hydroxyl groups is 1. The molecule has 1 aromatic heterocycles. The smallest absolute Gasteiger partial charge is 0.343 e. The van der Waals surface area contributed by atoms with E-state index in [0.29, 0.717) is 11.5 Å². The van der Waals surface area contributed by atoms with Crippen molar-refractivity contribution in [2.24, 2.45) is 0 Å². The van der Waals surface area contributed by atoms with Crippen molar-refractivity contribution in [3.63, 3.8) is 0 Å². The number of rotatable bonds is 5. The van der Waals surface area contributed by atoms with Crippen LogP contribution in [0, 0.1) is 0 Å². The fourth-order valence-electron chi connectivity index (χ4n) is 2.27. The third kappa shape index (κ3) is 3.74. The summed E-state index contributed by atoms with van der Waals surface area (Å²) in [5.41, 5.74) is 1.45. The zero-order valence-electron chi connectivity index (χ0n) is 13.6. The predicted molar refractivity (Wildman–Crippen MR) is 94.8 cm³/mol. The number of phenolic OH excluding ortho intramolecular Hbond substituents is 1. The largest absolute Gasteiger partial charge is 0.506 e. The number of hydrogen-bond donors (Lipinski definition) is 2. The molecule has 0 unspecified atom stereocenters. The van der Waals surface area contributed by atoms with Crippen LogP contribution in [0.2, 0.25) is 0 Å². The summed E-state index contributed by atoms with van der Waals surface area (Å²) in [6.45, 7) is 1.97. The van der Waals surface area contributed by atoms with Crippen LogP contribution in [-0.4, -0.2) is 27.7 Å². The minimum absolute atomic E-state index is 0.0529. The summed E-state index contributed by atoms with van der Waals surface area (Å²) in [6.07, 6.45) is 1.43. The van der Waals surface area contributed by atoms with E-state index in [2.05, 4.69) is 15.3 Å². The predicted octanol–water partition coefficient (Wildman–Crippen LogP) is 3.77. The van der Waals surface area contributed by atoms with Crippen molar-refractivity contribution >= 4 is 17.5 Å². The number of nitrogens with zero attached hydrogens (tertiary/aromatic N) is 2. The lowest BCUT2D eigenvalue weighted by molar-refractivity contribution is 0.0526. The topological polar surface area (TPSA) is 84.3 Å². The van der Waals surface area contributed by atoms with Crippen molar-refractivity contribution in [1.29, 1.82) is 0 Å². The fourth-order valence-corrected chi connectivity index (χ4v) is 2.27. The molecule has 3 rings (SSSR count). The second-order valence-electron chi connectivity index (χ2n) is 5.18. The molecule has 0 aliphatic rings. The summed E-state index contributed by atoms with van der Waals surface area (Å²) in [5, 5.41) is 13.0. The SMILES string of the molecule is CCOC(=O)c1cnc(-c2ccccc2)nc1Nc1ccccc1O. The van der Waals surface area contributed by atoms with Gasteiger partial charge in [0, 0.05) is 11.8 Å². The van der Waals surface area contributed by atoms with E-state index in [4.69, 9.17) is 4.74 Å². The van der Waals surface area contributed by atoms with Crippen molar-refractivity contribution < 1.29 is 14.6 Å². The van der Waals surface area contributed by atoms with Gasteiger partial charge in [0.1, 0.15) is 17.1 Å². The highest BCUT2D eigenvalue weighted by molar-refractivity contribution is 5.95. The molecule has 2 N–H and O–H groups in total. The monoisotopic (exact) mass is 335 g/mol. The molecule has 2 aromatic carbocycles. The Morgan fingerprint density at radius 2 is 1.84 bits per heavy atom. The molecule has 0 spiro atoms. The molecule has 0 radical (unpaired) electrons. The number of aromatic nitrogens is 2. The molecule has 0 saturated carbocycles. The molecule has 1 heterocycles. The van der Waals surface area contributed by atoms with Crippen molar-refractivity contribution in [1.82, 2.24) is 9.97 Å². The molecule has 126 valence electrons.